The topological polar surface area (TPSA) is 315 Å². The van der Waals surface area contributed by atoms with E-state index in [1.807, 2.05) is 130 Å². The molecule has 0 spiro atoms. The third kappa shape index (κ3) is 28.3. The molecule has 12 aromatic rings. The summed E-state index contributed by atoms with van der Waals surface area (Å²) in [6.07, 6.45) is 13.9. The molecule has 609 valence electrons. The number of amides is 3. The molecular formula is C92H102BCl2N17NaO5S. The van der Waals surface area contributed by atoms with Crippen LogP contribution in [0.4, 0.5) is 28.4 Å². The van der Waals surface area contributed by atoms with Crippen LogP contribution in [0.2, 0.25) is 0 Å². The summed E-state index contributed by atoms with van der Waals surface area (Å²) in [7, 11) is 7.36. The van der Waals surface area contributed by atoms with E-state index in [0.717, 1.165) is 76.6 Å². The second kappa shape index (κ2) is 48.5. The van der Waals surface area contributed by atoms with Gasteiger partial charge >= 0.3 is 29.6 Å². The number of rotatable bonds is 24. The van der Waals surface area contributed by atoms with E-state index in [2.05, 4.69) is 140 Å². The van der Waals surface area contributed by atoms with Crippen molar-refractivity contribution < 1.29 is 54.7 Å². The van der Waals surface area contributed by atoms with Crippen LogP contribution in [0, 0.1) is 33.9 Å². The van der Waals surface area contributed by atoms with Crippen LogP contribution in [-0.4, -0.2) is 96.0 Å². The van der Waals surface area contributed by atoms with Crippen molar-refractivity contribution >= 4 is 85.2 Å². The number of aliphatic hydroxyl groups excluding tert-OH is 1. The number of nitrogens with zero attached hydrogens (tertiary/aromatic N) is 8. The molecule has 3 amide bonds. The molecule has 0 aliphatic heterocycles. The normalized spacial score (nSPS) is 13.3. The van der Waals surface area contributed by atoms with Crippen molar-refractivity contribution in [2.24, 2.45) is 22.9 Å². The van der Waals surface area contributed by atoms with Crippen molar-refractivity contribution in [3.63, 3.8) is 0 Å². The minimum absolute atomic E-state index is 0. The van der Waals surface area contributed by atoms with Gasteiger partial charge in [0, 0.05) is 71.5 Å². The molecule has 3 fully saturated rings. The molecule has 14 N–H and O–H groups in total. The number of aliphatic hydroxyl groups is 1. The summed E-state index contributed by atoms with van der Waals surface area (Å²) in [4.78, 5) is 46.6. The third-order valence-corrected chi connectivity index (χ3v) is 19.9. The average Bonchev–Trinajstić information content (AvgIpc) is 1.51. The molecule has 119 heavy (non-hydrogen) atoms. The first-order valence-corrected chi connectivity index (χ1v) is 42.0. The minimum Gasteiger partial charge on any atom is -1.00 e. The van der Waals surface area contributed by atoms with E-state index in [-0.39, 0.29) is 69.2 Å². The van der Waals surface area contributed by atoms with Gasteiger partial charge in [-0.25, -0.2) is 27.9 Å². The van der Waals surface area contributed by atoms with Crippen LogP contribution in [-0.2, 0) is 15.8 Å². The van der Waals surface area contributed by atoms with Gasteiger partial charge < -0.3 is 56.1 Å². The van der Waals surface area contributed by atoms with Crippen LogP contribution in [0.5, 0.6) is 0 Å². The Morgan fingerprint density at radius 2 is 0.782 bits per heavy atom. The van der Waals surface area contributed by atoms with Gasteiger partial charge in [0.1, 0.15) is 23.2 Å². The molecule has 0 saturated heterocycles. The van der Waals surface area contributed by atoms with E-state index < -0.39 is 15.3 Å². The summed E-state index contributed by atoms with van der Waals surface area (Å²) in [6, 6.07) is 82.3. The smallest absolute Gasteiger partial charge is 1.00 e. The maximum atomic E-state index is 13.3. The molecule has 3 unspecified atom stereocenters. The van der Waals surface area contributed by atoms with Crippen LogP contribution in [0.1, 0.15) is 184 Å². The van der Waals surface area contributed by atoms with Gasteiger partial charge in [-0.3, -0.25) is 14.4 Å². The summed E-state index contributed by atoms with van der Waals surface area (Å²) in [5.41, 5.74) is 37.3. The number of halogens is 2. The first-order chi connectivity index (χ1) is 56.8. The zero-order valence-electron chi connectivity index (χ0n) is 68.5. The van der Waals surface area contributed by atoms with Crippen LogP contribution in [0.3, 0.4) is 0 Å². The predicted molar refractivity (Wildman–Crippen MR) is 478 cm³/mol. The number of nitrogens with two attached hydrogens (primary N) is 4. The second-order valence-corrected chi connectivity index (χ2v) is 31.3. The zero-order chi connectivity index (χ0) is 83.0. The largest absolute Gasteiger partial charge is 1.00 e. The maximum absolute atomic E-state index is 13.3. The van der Waals surface area contributed by atoms with Gasteiger partial charge in [0.2, 0.25) is 9.23 Å². The monoisotopic (exact) mass is 1660 g/mol. The molecule has 0 bridgehead atoms. The number of aryl methyl sites for hydroxylation is 3. The fraction of sp³-hybridized carbons (Fsp3) is 0.261. The van der Waals surface area contributed by atoms with Gasteiger partial charge in [-0.1, -0.05) is 189 Å². The van der Waals surface area contributed by atoms with Crippen LogP contribution < -0.4 is 79.1 Å². The molecule has 3 aliphatic carbocycles. The third-order valence-electron chi connectivity index (χ3n) is 19.9. The Bertz CT molecular complexity index is 5330. The van der Waals surface area contributed by atoms with Gasteiger partial charge in [0.05, 0.1) is 59.4 Å². The maximum Gasteiger partial charge on any atom is 1.00 e. The van der Waals surface area contributed by atoms with Crippen molar-refractivity contribution in [1.29, 1.82) is 0 Å². The molecule has 3 atom stereocenters. The number of carbonyl (C=O) groups excluding carboxylic acids is 3. The number of aromatic nitrogens is 6. The standard InChI is InChI=1S/C29H27N5O.C29H31N5O.C25H20N4O2.C5H14N2.C4H9N.B.Cl2OS.Na.H/c1-20-17-27(34(33-20)26-16-8-14-24(19-26)30-2)29(35)32-25-15-6-11-22(18-25)28(31-23-12-7-13-23)21-9-4-3-5-10-21;1-20-16-27(34(33-20)26-15-5-8-21(17-26)19-30)29(35)32-25-14-6-11-23(18-25)28(31-24-12-7-13-24)22-9-3-2-4-10-22;1-17-14-23(29(28-17)22-13-7-11-20(16-22)26-2)25(31)27-21-12-6-10-19(15-21)24(30)18-8-4-3-5-9-18;6-4-2-1-3-5-7;5-4-2-1-3-4;;1-4(2)3;;/h3-6,8-11,14-19,23,28,31H,7,12-13H2,1H3,(H,32,35);2-6,8-11,14-18,24,28,31H,7,12-13,19,30H2,1H3,(H,32,35);3-16,24,30H,1H3,(H,27,31);1-7H2;4H,1-3,5H2;;;;/q;;;;;;;+1;-1. The first-order valence-electron chi connectivity index (χ1n) is 39.2. The molecule has 3 radical (unpaired) electrons. The second-order valence-electron chi connectivity index (χ2n) is 28.7. The van der Waals surface area contributed by atoms with E-state index in [1.54, 1.807) is 88.2 Å². The summed E-state index contributed by atoms with van der Waals surface area (Å²) < 4.78 is 13.9. The predicted octanol–water partition coefficient (Wildman–Crippen LogP) is 14.8. The number of nitrogens with one attached hydrogen (secondary N) is 5. The zero-order valence-corrected chi connectivity index (χ0v) is 71.9. The number of hydrogen-bond donors (Lipinski definition) is 10. The Morgan fingerprint density at radius 3 is 1.11 bits per heavy atom. The Labute approximate surface area is 734 Å². The Kier molecular flexibility index (Phi) is 38.3. The summed E-state index contributed by atoms with van der Waals surface area (Å²) in [5, 5.41) is 40.8. The van der Waals surface area contributed by atoms with Crippen molar-refractivity contribution in [2.75, 3.05) is 29.0 Å². The number of hydrogen-bond acceptors (Lipinski definition) is 14. The fourth-order valence-corrected chi connectivity index (χ4v) is 13.2. The van der Waals surface area contributed by atoms with Gasteiger partial charge in [0.15, 0.2) is 11.4 Å². The van der Waals surface area contributed by atoms with Gasteiger partial charge in [-0.05, 0) is 215 Å². The number of unbranched alkanes of at least 4 members (excludes halogenated alkanes) is 2. The molecule has 15 rings (SSSR count). The van der Waals surface area contributed by atoms with Crippen LogP contribution >= 0.6 is 21.4 Å². The van der Waals surface area contributed by atoms with Crippen molar-refractivity contribution in [3.05, 3.63) is 351 Å². The van der Waals surface area contributed by atoms with Crippen molar-refractivity contribution in [3.8, 4) is 17.1 Å². The molecule has 27 heteroatoms. The summed E-state index contributed by atoms with van der Waals surface area (Å²) in [5.74, 6) is -0.788. The van der Waals surface area contributed by atoms with Crippen LogP contribution in [0.25, 0.3) is 26.8 Å². The number of benzene rings is 9. The van der Waals surface area contributed by atoms with Crippen LogP contribution in [0.15, 0.2) is 255 Å². The molecule has 9 aromatic carbocycles. The molecule has 3 heterocycles. The van der Waals surface area contributed by atoms with Crippen molar-refractivity contribution in [1.82, 2.24) is 40.0 Å². The quantitative estimate of drug-likeness (QED) is 0.0116. The first kappa shape index (κ1) is 94.0. The molecule has 22 nitrogen and oxygen atoms in total. The summed E-state index contributed by atoms with van der Waals surface area (Å²) >= 11 is 0. The Hall–Kier alpha value is -10.5. The number of anilines is 3. The van der Waals surface area contributed by atoms with E-state index in [1.165, 1.54) is 80.0 Å². The van der Waals surface area contributed by atoms with Crippen molar-refractivity contribution in [2.45, 2.75) is 141 Å². The van der Waals surface area contributed by atoms with Gasteiger partial charge in [0.25, 0.3) is 17.7 Å². The van der Waals surface area contributed by atoms with E-state index in [4.69, 9.17) is 40.3 Å². The molecule has 3 saturated carbocycles. The average molecular weight is 1660 g/mol. The van der Waals surface area contributed by atoms with E-state index in [0.29, 0.717) is 81.4 Å². The minimum atomic E-state index is -1.67. The number of carbonyl (C=O) groups is 3. The molecule has 3 aliphatic rings. The van der Waals surface area contributed by atoms with E-state index in [9.17, 15) is 19.5 Å². The van der Waals surface area contributed by atoms with Gasteiger partial charge in [-0.15, -0.1) is 0 Å². The Morgan fingerprint density at radius 1 is 0.462 bits per heavy atom. The molecule has 3 aromatic heterocycles. The SMILES string of the molecule is Cc1cc(C(=O)Nc2cccc(C(NC3CCC3)c3ccccc3)c2)n(-c2cccc(CN)c2)n1.NC1CCC1.NCCCCCN.O=S(Cl)Cl.[B].[C-]#[N+]c1cccc(-n2nc(C)cc2C(=O)Nc2cccc(C(NC3CCC3)c3ccccc3)c2)c1.[C-]#[N+]c1cccc(-n2nc(C)cc2C(=O)Nc2cccc(C(O)c3ccccc3)c2)c1.[H-].[Na+]. The molecular weight excluding hydrogens is 1560 g/mol. The fourth-order valence-electron chi connectivity index (χ4n) is 13.2. The summed E-state index contributed by atoms with van der Waals surface area (Å²) in [6.45, 7) is 22.1. The Balaban J connectivity index is 0.000000224. The van der Waals surface area contributed by atoms with Gasteiger partial charge in [-0.2, -0.15) is 15.3 Å². The van der Waals surface area contributed by atoms with E-state index >= 15 is 0 Å².